The standard InChI is InChI=1S/C28H33FN6OS/c29-19-15-23(22-3-6-30-24(22)16-19)27-31-25-17-21(37-26(25)28(32-27)35-11-13-36-14-12-35)18-33-9-4-20(5-10-33)34-7-1-2-8-34/h3,6,15-17,20,30H,1-2,4-5,7-14,18H2. The Morgan fingerprint density at radius 1 is 1.00 bits per heavy atom. The Hall–Kier alpha value is -2.59. The molecule has 4 aromatic rings. The van der Waals surface area contributed by atoms with E-state index in [0.717, 1.165) is 71.3 Å². The van der Waals surface area contributed by atoms with Gasteiger partial charge in [-0.25, -0.2) is 14.4 Å². The van der Waals surface area contributed by atoms with Gasteiger partial charge in [0, 0.05) is 66.3 Å². The molecule has 0 atom stereocenters. The largest absolute Gasteiger partial charge is 0.378 e. The zero-order valence-electron chi connectivity index (χ0n) is 21.1. The second kappa shape index (κ2) is 9.94. The van der Waals surface area contributed by atoms with Crippen molar-refractivity contribution in [1.29, 1.82) is 0 Å². The molecule has 0 radical (unpaired) electrons. The van der Waals surface area contributed by atoms with E-state index in [9.17, 15) is 4.39 Å². The minimum atomic E-state index is -0.287. The Labute approximate surface area is 220 Å². The van der Waals surface area contributed by atoms with Crippen LogP contribution in [0.15, 0.2) is 30.5 Å². The summed E-state index contributed by atoms with van der Waals surface area (Å²) in [4.78, 5) is 22.1. The lowest BCUT2D eigenvalue weighted by Gasteiger charge is -2.36. The predicted molar refractivity (Wildman–Crippen MR) is 147 cm³/mol. The number of aromatic nitrogens is 3. The number of nitrogens with one attached hydrogen (secondary N) is 1. The molecule has 194 valence electrons. The maximum Gasteiger partial charge on any atom is 0.163 e. The summed E-state index contributed by atoms with van der Waals surface area (Å²) in [7, 11) is 0. The Morgan fingerprint density at radius 3 is 2.62 bits per heavy atom. The average molecular weight is 521 g/mol. The molecule has 7 nitrogen and oxygen atoms in total. The highest BCUT2D eigenvalue weighted by molar-refractivity contribution is 7.19. The number of nitrogens with zero attached hydrogens (tertiary/aromatic N) is 5. The van der Waals surface area contributed by atoms with E-state index in [1.54, 1.807) is 6.07 Å². The number of anilines is 1. The van der Waals surface area contributed by atoms with Crippen LogP contribution in [0.1, 0.15) is 30.6 Å². The number of aromatic amines is 1. The number of likely N-dealkylation sites (tertiary alicyclic amines) is 2. The van der Waals surface area contributed by atoms with Gasteiger partial charge in [0.15, 0.2) is 11.6 Å². The van der Waals surface area contributed by atoms with Crippen LogP contribution in [0.25, 0.3) is 32.5 Å². The van der Waals surface area contributed by atoms with Crippen LogP contribution in [-0.4, -0.2) is 83.3 Å². The molecule has 0 unspecified atom stereocenters. The summed E-state index contributed by atoms with van der Waals surface area (Å²) in [6.07, 6.45) is 7.09. The van der Waals surface area contributed by atoms with Crippen molar-refractivity contribution in [3.05, 3.63) is 41.2 Å². The van der Waals surface area contributed by atoms with E-state index in [0.29, 0.717) is 19.0 Å². The number of benzene rings is 1. The maximum atomic E-state index is 14.5. The van der Waals surface area contributed by atoms with Gasteiger partial charge in [-0.15, -0.1) is 11.3 Å². The molecule has 3 aromatic heterocycles. The van der Waals surface area contributed by atoms with Gasteiger partial charge < -0.3 is 19.5 Å². The van der Waals surface area contributed by atoms with E-state index in [1.165, 1.54) is 49.7 Å². The third-order valence-electron chi connectivity index (χ3n) is 8.18. The Kier molecular flexibility index (Phi) is 6.32. The summed E-state index contributed by atoms with van der Waals surface area (Å²) >= 11 is 1.81. The van der Waals surface area contributed by atoms with Crippen LogP contribution in [0, 0.1) is 5.82 Å². The van der Waals surface area contributed by atoms with Crippen molar-refractivity contribution in [3.8, 4) is 11.4 Å². The fourth-order valence-corrected chi connectivity index (χ4v) is 7.39. The topological polar surface area (TPSA) is 60.5 Å². The van der Waals surface area contributed by atoms with E-state index in [-0.39, 0.29) is 5.82 Å². The quantitative estimate of drug-likeness (QED) is 0.405. The zero-order valence-corrected chi connectivity index (χ0v) is 21.9. The number of thiophene rings is 1. The van der Waals surface area contributed by atoms with Gasteiger partial charge in [-0.05, 0) is 63.0 Å². The molecule has 1 aromatic carbocycles. The SMILES string of the molecule is Fc1cc(-c2nc(N3CCOCC3)c3sc(CN4CCC(N5CCCC5)CC4)cc3n2)c2cc[nH]c2c1. The van der Waals surface area contributed by atoms with E-state index in [1.807, 2.05) is 23.6 Å². The van der Waals surface area contributed by atoms with Crippen LogP contribution in [-0.2, 0) is 11.3 Å². The molecule has 3 fully saturated rings. The molecule has 3 saturated heterocycles. The molecule has 7 rings (SSSR count). The smallest absolute Gasteiger partial charge is 0.163 e. The molecule has 9 heteroatoms. The lowest BCUT2D eigenvalue weighted by molar-refractivity contribution is 0.122. The van der Waals surface area contributed by atoms with Gasteiger partial charge >= 0.3 is 0 Å². The van der Waals surface area contributed by atoms with Gasteiger partial charge in [-0.2, -0.15) is 0 Å². The predicted octanol–water partition coefficient (Wildman–Crippen LogP) is 4.88. The molecular formula is C28H33FN6OS. The lowest BCUT2D eigenvalue weighted by atomic mass is 10.0. The minimum absolute atomic E-state index is 0.287. The van der Waals surface area contributed by atoms with E-state index < -0.39 is 0 Å². The zero-order chi connectivity index (χ0) is 24.8. The van der Waals surface area contributed by atoms with Crippen molar-refractivity contribution in [2.75, 3.05) is 57.4 Å². The molecule has 3 aliphatic rings. The summed E-state index contributed by atoms with van der Waals surface area (Å²) in [5, 5.41) is 0.935. The van der Waals surface area contributed by atoms with Gasteiger partial charge in [0.1, 0.15) is 5.82 Å². The third-order valence-corrected chi connectivity index (χ3v) is 9.29. The van der Waals surface area contributed by atoms with Crippen molar-refractivity contribution >= 4 is 38.3 Å². The van der Waals surface area contributed by atoms with Crippen molar-refractivity contribution in [1.82, 2.24) is 24.8 Å². The molecule has 0 saturated carbocycles. The van der Waals surface area contributed by atoms with Crippen molar-refractivity contribution in [2.24, 2.45) is 0 Å². The summed E-state index contributed by atoms with van der Waals surface area (Å²) in [6.45, 7) is 8.79. The van der Waals surface area contributed by atoms with E-state index in [2.05, 4.69) is 25.8 Å². The van der Waals surface area contributed by atoms with Crippen LogP contribution in [0.5, 0.6) is 0 Å². The van der Waals surface area contributed by atoms with Crippen molar-refractivity contribution < 1.29 is 9.13 Å². The fraction of sp³-hybridized carbons (Fsp3) is 0.500. The number of halogens is 1. The van der Waals surface area contributed by atoms with Gasteiger partial charge in [0.2, 0.25) is 0 Å². The number of ether oxygens (including phenoxy) is 1. The number of rotatable bonds is 5. The van der Waals surface area contributed by atoms with Crippen molar-refractivity contribution in [3.63, 3.8) is 0 Å². The number of morpholine rings is 1. The van der Waals surface area contributed by atoms with Crippen LogP contribution >= 0.6 is 11.3 Å². The molecule has 3 aliphatic heterocycles. The highest BCUT2D eigenvalue weighted by atomic mass is 32.1. The summed E-state index contributed by atoms with van der Waals surface area (Å²) in [5.74, 6) is 1.24. The first-order valence-electron chi connectivity index (χ1n) is 13.6. The summed E-state index contributed by atoms with van der Waals surface area (Å²) in [6, 6.07) is 8.04. The fourth-order valence-electron chi connectivity index (χ4n) is 6.24. The molecule has 1 N–H and O–H groups in total. The number of hydrogen-bond acceptors (Lipinski definition) is 7. The normalized spacial score (nSPS) is 20.5. The van der Waals surface area contributed by atoms with Crippen molar-refractivity contribution in [2.45, 2.75) is 38.3 Å². The summed E-state index contributed by atoms with van der Waals surface area (Å²) in [5.41, 5.74) is 2.44. The maximum absolute atomic E-state index is 14.5. The van der Waals surface area contributed by atoms with E-state index in [4.69, 9.17) is 14.7 Å². The Bertz CT molecular complexity index is 1400. The third kappa shape index (κ3) is 4.63. The van der Waals surface area contributed by atoms with Crippen LogP contribution in [0.3, 0.4) is 0 Å². The average Bonchev–Trinajstić information content (AvgIpc) is 3.69. The number of fused-ring (bicyclic) bond motifs is 2. The van der Waals surface area contributed by atoms with Crippen LogP contribution < -0.4 is 4.90 Å². The minimum Gasteiger partial charge on any atom is -0.378 e. The molecule has 0 bridgehead atoms. The first kappa shape index (κ1) is 23.5. The van der Waals surface area contributed by atoms with Crippen LogP contribution in [0.2, 0.25) is 0 Å². The molecular weight excluding hydrogens is 487 g/mol. The first-order chi connectivity index (χ1) is 18.2. The number of piperidine rings is 1. The lowest BCUT2D eigenvalue weighted by Crippen LogP contribution is -2.43. The van der Waals surface area contributed by atoms with Gasteiger partial charge in [0.25, 0.3) is 0 Å². The van der Waals surface area contributed by atoms with Gasteiger partial charge in [-0.3, -0.25) is 4.90 Å². The molecule has 6 heterocycles. The van der Waals surface area contributed by atoms with Gasteiger partial charge in [-0.1, -0.05) is 0 Å². The Morgan fingerprint density at radius 2 is 1.81 bits per heavy atom. The first-order valence-corrected chi connectivity index (χ1v) is 14.4. The Balaban J connectivity index is 1.21. The molecule has 0 aliphatic carbocycles. The number of H-pyrrole nitrogens is 1. The second-order valence-electron chi connectivity index (χ2n) is 10.5. The summed E-state index contributed by atoms with van der Waals surface area (Å²) < 4.78 is 21.2. The highest BCUT2D eigenvalue weighted by Gasteiger charge is 2.27. The highest BCUT2D eigenvalue weighted by Crippen LogP contribution is 2.37. The monoisotopic (exact) mass is 520 g/mol. The number of hydrogen-bond donors (Lipinski definition) is 1. The van der Waals surface area contributed by atoms with Gasteiger partial charge in [0.05, 0.1) is 23.4 Å². The van der Waals surface area contributed by atoms with E-state index >= 15 is 0 Å². The molecule has 0 amide bonds. The molecule has 37 heavy (non-hydrogen) atoms. The van der Waals surface area contributed by atoms with Crippen LogP contribution in [0.4, 0.5) is 10.2 Å². The molecule has 0 spiro atoms. The second-order valence-corrected chi connectivity index (χ2v) is 11.7.